The van der Waals surface area contributed by atoms with Gasteiger partial charge < -0.3 is 9.30 Å². The molecular weight excluding hydrogens is 385 g/mol. The summed E-state index contributed by atoms with van der Waals surface area (Å²) in [5.41, 5.74) is 3.79. The van der Waals surface area contributed by atoms with Gasteiger partial charge in [-0.1, -0.05) is 12.1 Å². The van der Waals surface area contributed by atoms with Gasteiger partial charge >= 0.3 is 0 Å². The van der Waals surface area contributed by atoms with Gasteiger partial charge in [0.2, 0.25) is 5.95 Å². The lowest BCUT2D eigenvalue weighted by Gasteiger charge is -2.28. The van der Waals surface area contributed by atoms with Crippen LogP contribution in [0.25, 0.3) is 28.1 Å². The molecule has 0 bridgehead atoms. The molecule has 0 amide bonds. The van der Waals surface area contributed by atoms with Crippen LogP contribution >= 0.6 is 0 Å². The average molecular weight is 401 g/mol. The van der Waals surface area contributed by atoms with Crippen molar-refractivity contribution in [3.05, 3.63) is 66.4 Å². The molecule has 1 atom stereocenters. The van der Waals surface area contributed by atoms with Crippen LogP contribution in [0.3, 0.4) is 0 Å². The van der Waals surface area contributed by atoms with Crippen LogP contribution in [0.5, 0.6) is 5.75 Å². The highest BCUT2D eigenvalue weighted by Gasteiger charge is 2.28. The number of rotatable bonds is 2. The van der Waals surface area contributed by atoms with E-state index in [4.69, 9.17) is 9.72 Å². The van der Waals surface area contributed by atoms with Gasteiger partial charge in [-0.25, -0.2) is 19.3 Å². The number of imidazole rings is 2. The van der Waals surface area contributed by atoms with Crippen molar-refractivity contribution in [1.82, 2.24) is 34.1 Å². The molecule has 9 heteroatoms. The fraction of sp³-hybridized carbons (Fsp3) is 0.190. The number of pyridine rings is 1. The summed E-state index contributed by atoms with van der Waals surface area (Å²) in [6.07, 6.45) is 7.51. The molecule has 8 nitrogen and oxygen atoms in total. The highest BCUT2D eigenvalue weighted by Crippen LogP contribution is 2.38. The van der Waals surface area contributed by atoms with Crippen LogP contribution in [0.1, 0.15) is 23.9 Å². The van der Waals surface area contributed by atoms with E-state index in [1.165, 1.54) is 6.07 Å². The first kappa shape index (κ1) is 17.0. The van der Waals surface area contributed by atoms with E-state index in [0.29, 0.717) is 35.9 Å². The number of aromatic nitrogens is 7. The lowest BCUT2D eigenvalue weighted by molar-refractivity contribution is 0.244. The molecule has 5 heterocycles. The first-order chi connectivity index (χ1) is 14.7. The van der Waals surface area contributed by atoms with Gasteiger partial charge in [0, 0.05) is 18.2 Å². The molecule has 1 aromatic carbocycles. The van der Waals surface area contributed by atoms with E-state index < -0.39 is 0 Å². The Kier molecular flexibility index (Phi) is 3.58. The SMILES string of the molecule is Cc1nc2cnc(-n3cnc4ccncc43)nc2n1[C@@H]1CCOc2c(F)cccc21. The summed E-state index contributed by atoms with van der Waals surface area (Å²) in [6.45, 7) is 2.35. The molecule has 0 N–H and O–H groups in total. The van der Waals surface area contributed by atoms with Crippen molar-refractivity contribution >= 4 is 22.2 Å². The molecule has 1 aliphatic heterocycles. The van der Waals surface area contributed by atoms with Crippen molar-refractivity contribution < 1.29 is 9.13 Å². The van der Waals surface area contributed by atoms with Gasteiger partial charge in [0.1, 0.15) is 17.7 Å². The van der Waals surface area contributed by atoms with Crippen molar-refractivity contribution in [2.75, 3.05) is 6.61 Å². The number of nitrogens with zero attached hydrogens (tertiary/aromatic N) is 7. The number of hydrogen-bond acceptors (Lipinski definition) is 6. The van der Waals surface area contributed by atoms with Crippen molar-refractivity contribution in [3.8, 4) is 11.7 Å². The monoisotopic (exact) mass is 401 g/mol. The quantitative estimate of drug-likeness (QED) is 0.451. The van der Waals surface area contributed by atoms with E-state index in [2.05, 4.69) is 19.9 Å². The molecule has 0 saturated carbocycles. The van der Waals surface area contributed by atoms with Gasteiger partial charge in [-0.2, -0.15) is 4.98 Å². The Hall–Kier alpha value is -3.88. The lowest BCUT2D eigenvalue weighted by atomic mass is 10.00. The summed E-state index contributed by atoms with van der Waals surface area (Å²) in [6, 6.07) is 6.73. The van der Waals surface area contributed by atoms with Crippen LogP contribution in [-0.4, -0.2) is 40.7 Å². The molecule has 0 fully saturated rings. The second-order valence-electron chi connectivity index (χ2n) is 7.20. The van der Waals surface area contributed by atoms with Gasteiger partial charge in [0.05, 0.1) is 36.1 Å². The summed E-state index contributed by atoms with van der Waals surface area (Å²) in [5.74, 6) is 1.21. The largest absolute Gasteiger partial charge is 0.490 e. The topological polar surface area (TPSA) is 83.5 Å². The minimum Gasteiger partial charge on any atom is -0.490 e. The number of ether oxygens (including phenoxy) is 1. The Morgan fingerprint density at radius 1 is 1.10 bits per heavy atom. The van der Waals surface area contributed by atoms with Crippen molar-refractivity contribution in [1.29, 1.82) is 0 Å². The summed E-state index contributed by atoms with van der Waals surface area (Å²) in [5, 5.41) is 0. The Morgan fingerprint density at radius 2 is 2.03 bits per heavy atom. The Balaban J connectivity index is 1.56. The molecule has 0 spiro atoms. The number of hydrogen-bond donors (Lipinski definition) is 0. The molecule has 148 valence electrons. The van der Waals surface area contributed by atoms with Gasteiger partial charge in [-0.15, -0.1) is 0 Å². The predicted molar refractivity (Wildman–Crippen MR) is 107 cm³/mol. The normalized spacial score (nSPS) is 16.0. The van der Waals surface area contributed by atoms with Gasteiger partial charge in [0.15, 0.2) is 17.2 Å². The zero-order valence-corrected chi connectivity index (χ0v) is 16.0. The maximum absolute atomic E-state index is 14.3. The highest BCUT2D eigenvalue weighted by molar-refractivity contribution is 5.76. The maximum atomic E-state index is 14.3. The third-order valence-electron chi connectivity index (χ3n) is 5.47. The van der Waals surface area contributed by atoms with Crippen LogP contribution in [0.2, 0.25) is 0 Å². The molecule has 6 rings (SSSR count). The first-order valence-corrected chi connectivity index (χ1v) is 9.61. The molecule has 4 aromatic heterocycles. The van der Waals surface area contributed by atoms with Crippen LogP contribution < -0.4 is 4.74 Å². The first-order valence-electron chi connectivity index (χ1n) is 9.61. The molecule has 0 aliphatic carbocycles. The van der Waals surface area contributed by atoms with Crippen LogP contribution in [0.4, 0.5) is 4.39 Å². The van der Waals surface area contributed by atoms with Gasteiger partial charge in [-0.05, 0) is 19.1 Å². The highest BCUT2D eigenvalue weighted by atomic mass is 19.1. The van der Waals surface area contributed by atoms with Crippen molar-refractivity contribution in [2.45, 2.75) is 19.4 Å². The fourth-order valence-electron chi connectivity index (χ4n) is 4.14. The van der Waals surface area contributed by atoms with Crippen LogP contribution in [-0.2, 0) is 0 Å². The average Bonchev–Trinajstić information content (AvgIpc) is 3.33. The molecule has 1 aliphatic rings. The second kappa shape index (κ2) is 6.31. The van der Waals surface area contributed by atoms with E-state index in [1.54, 1.807) is 35.6 Å². The Bertz CT molecular complexity index is 1420. The van der Waals surface area contributed by atoms with Gasteiger partial charge in [-0.3, -0.25) is 9.55 Å². The Morgan fingerprint density at radius 3 is 2.97 bits per heavy atom. The standard InChI is InChI=1S/C21H16FN7O/c1-12-26-16-9-24-21(28-11-25-15-5-7-23-10-18(15)28)27-20(16)29(12)17-6-8-30-19-13(17)3-2-4-14(19)22/h2-5,7,9-11,17H,6,8H2,1H3/t17-/m1/s1. The molecule has 0 saturated heterocycles. The maximum Gasteiger partial charge on any atom is 0.237 e. The third kappa shape index (κ3) is 2.41. The number of aryl methyl sites for hydroxylation is 1. The molecular formula is C21H16FN7O. The minimum absolute atomic E-state index is 0.126. The fourth-order valence-corrected chi connectivity index (χ4v) is 4.14. The summed E-state index contributed by atoms with van der Waals surface area (Å²) >= 11 is 0. The summed E-state index contributed by atoms with van der Waals surface area (Å²) in [7, 11) is 0. The smallest absolute Gasteiger partial charge is 0.237 e. The molecule has 5 aromatic rings. The summed E-state index contributed by atoms with van der Waals surface area (Å²) in [4.78, 5) is 22.5. The minimum atomic E-state index is -0.355. The number of halogens is 1. The molecule has 30 heavy (non-hydrogen) atoms. The predicted octanol–water partition coefficient (Wildman–Crippen LogP) is 3.38. The molecule has 0 unspecified atom stereocenters. The van der Waals surface area contributed by atoms with E-state index in [1.807, 2.05) is 23.6 Å². The lowest BCUT2D eigenvalue weighted by Crippen LogP contribution is -2.22. The van der Waals surface area contributed by atoms with E-state index >= 15 is 0 Å². The third-order valence-corrected chi connectivity index (χ3v) is 5.47. The zero-order chi connectivity index (χ0) is 20.2. The van der Waals surface area contributed by atoms with Crippen molar-refractivity contribution in [2.24, 2.45) is 0 Å². The van der Waals surface area contributed by atoms with Crippen LogP contribution in [0, 0.1) is 12.7 Å². The zero-order valence-electron chi connectivity index (χ0n) is 16.0. The van der Waals surface area contributed by atoms with E-state index in [9.17, 15) is 4.39 Å². The van der Waals surface area contributed by atoms with E-state index in [0.717, 1.165) is 22.4 Å². The number of fused-ring (bicyclic) bond motifs is 3. The number of benzene rings is 1. The van der Waals surface area contributed by atoms with Crippen molar-refractivity contribution in [3.63, 3.8) is 0 Å². The second-order valence-corrected chi connectivity index (χ2v) is 7.20. The Labute approximate surface area is 170 Å². The molecule has 0 radical (unpaired) electrons. The van der Waals surface area contributed by atoms with Gasteiger partial charge in [0.25, 0.3) is 0 Å². The van der Waals surface area contributed by atoms with Crippen LogP contribution in [0.15, 0.2) is 49.2 Å². The summed E-state index contributed by atoms with van der Waals surface area (Å²) < 4.78 is 23.7. The van der Waals surface area contributed by atoms with E-state index in [-0.39, 0.29) is 11.9 Å². The number of para-hydroxylation sites is 1.